The Balaban J connectivity index is 2.16. The fraction of sp³-hybridized carbons (Fsp3) is 0.455. The molecular weight excluding hydrogens is 165 g/mol. The van der Waals surface area contributed by atoms with Crippen LogP contribution in [0.25, 0.3) is 0 Å². The zero-order valence-corrected chi connectivity index (χ0v) is 7.76. The van der Waals surface area contributed by atoms with Crippen LogP contribution in [-0.4, -0.2) is 13.1 Å². The Morgan fingerprint density at radius 3 is 2.77 bits per heavy atom. The molecule has 1 aromatic rings. The summed E-state index contributed by atoms with van der Waals surface area (Å²) in [6.07, 6.45) is 2.38. The summed E-state index contributed by atoms with van der Waals surface area (Å²) in [6, 6.07) is 7.49. The second kappa shape index (κ2) is 3.46. The standard InChI is InChI=1S/C11H14FN/c1-13-11-6-5-10(11)8-3-2-4-9(12)7-8/h2-4,7,10-11,13H,5-6H2,1H3. The lowest BCUT2D eigenvalue weighted by Gasteiger charge is -2.36. The minimum absolute atomic E-state index is 0.126. The maximum atomic E-state index is 12.9. The lowest BCUT2D eigenvalue weighted by Crippen LogP contribution is -2.40. The molecule has 2 atom stereocenters. The molecular formula is C11H14FN. The molecule has 2 rings (SSSR count). The van der Waals surface area contributed by atoms with Gasteiger partial charge in [0.05, 0.1) is 0 Å². The van der Waals surface area contributed by atoms with E-state index in [4.69, 9.17) is 0 Å². The van der Waals surface area contributed by atoms with Crippen molar-refractivity contribution in [3.8, 4) is 0 Å². The monoisotopic (exact) mass is 179 g/mol. The van der Waals surface area contributed by atoms with Crippen molar-refractivity contribution in [2.75, 3.05) is 7.05 Å². The summed E-state index contributed by atoms with van der Waals surface area (Å²) in [7, 11) is 1.97. The highest BCUT2D eigenvalue weighted by Crippen LogP contribution is 2.36. The Morgan fingerprint density at radius 1 is 1.38 bits per heavy atom. The van der Waals surface area contributed by atoms with E-state index in [0.29, 0.717) is 12.0 Å². The second-order valence-corrected chi connectivity index (χ2v) is 3.63. The lowest BCUT2D eigenvalue weighted by atomic mass is 9.75. The first kappa shape index (κ1) is 8.70. The summed E-state index contributed by atoms with van der Waals surface area (Å²) in [4.78, 5) is 0. The van der Waals surface area contributed by atoms with Crippen LogP contribution in [-0.2, 0) is 0 Å². The van der Waals surface area contributed by atoms with Gasteiger partial charge < -0.3 is 5.32 Å². The smallest absolute Gasteiger partial charge is 0.123 e. The molecule has 13 heavy (non-hydrogen) atoms. The van der Waals surface area contributed by atoms with Crippen molar-refractivity contribution in [2.24, 2.45) is 0 Å². The third-order valence-corrected chi connectivity index (χ3v) is 2.92. The predicted octanol–water partition coefficient (Wildman–Crippen LogP) is 2.29. The fourth-order valence-electron chi connectivity index (χ4n) is 1.98. The molecule has 0 radical (unpaired) electrons. The third-order valence-electron chi connectivity index (χ3n) is 2.92. The molecule has 1 N–H and O–H groups in total. The van der Waals surface area contributed by atoms with Crippen LogP contribution in [0.2, 0.25) is 0 Å². The van der Waals surface area contributed by atoms with Gasteiger partial charge in [-0.15, -0.1) is 0 Å². The molecule has 1 fully saturated rings. The van der Waals surface area contributed by atoms with Gasteiger partial charge in [0.25, 0.3) is 0 Å². The number of halogens is 1. The molecule has 2 unspecified atom stereocenters. The highest BCUT2D eigenvalue weighted by atomic mass is 19.1. The molecule has 0 amide bonds. The van der Waals surface area contributed by atoms with E-state index in [2.05, 4.69) is 5.32 Å². The molecule has 0 aromatic heterocycles. The molecule has 0 bridgehead atoms. The van der Waals surface area contributed by atoms with Gasteiger partial charge in [-0.05, 0) is 43.5 Å². The minimum atomic E-state index is -0.126. The molecule has 70 valence electrons. The van der Waals surface area contributed by atoms with Crippen LogP contribution in [0.5, 0.6) is 0 Å². The van der Waals surface area contributed by atoms with Crippen molar-refractivity contribution in [1.82, 2.24) is 5.32 Å². The van der Waals surface area contributed by atoms with Gasteiger partial charge >= 0.3 is 0 Å². The van der Waals surface area contributed by atoms with E-state index in [-0.39, 0.29) is 5.82 Å². The predicted molar refractivity (Wildman–Crippen MR) is 51.2 cm³/mol. The largest absolute Gasteiger partial charge is 0.316 e. The highest BCUT2D eigenvalue weighted by Gasteiger charge is 2.30. The van der Waals surface area contributed by atoms with Gasteiger partial charge in [0.15, 0.2) is 0 Å². The number of likely N-dealkylation sites (N-methyl/N-ethyl adjacent to an activating group) is 1. The van der Waals surface area contributed by atoms with E-state index >= 15 is 0 Å². The van der Waals surface area contributed by atoms with Crippen molar-refractivity contribution in [2.45, 2.75) is 24.8 Å². The van der Waals surface area contributed by atoms with Crippen molar-refractivity contribution < 1.29 is 4.39 Å². The summed E-state index contributed by atoms with van der Waals surface area (Å²) in [5.74, 6) is 0.389. The first-order valence-electron chi connectivity index (χ1n) is 4.74. The summed E-state index contributed by atoms with van der Waals surface area (Å²) >= 11 is 0. The van der Waals surface area contributed by atoms with Crippen LogP contribution < -0.4 is 5.32 Å². The van der Waals surface area contributed by atoms with Gasteiger partial charge in [-0.1, -0.05) is 12.1 Å². The maximum Gasteiger partial charge on any atom is 0.123 e. The van der Waals surface area contributed by atoms with Crippen LogP contribution in [0.3, 0.4) is 0 Å². The van der Waals surface area contributed by atoms with Crippen LogP contribution in [0.4, 0.5) is 4.39 Å². The Labute approximate surface area is 78.0 Å². The molecule has 1 aliphatic rings. The molecule has 1 nitrogen and oxygen atoms in total. The number of hydrogen-bond donors (Lipinski definition) is 1. The van der Waals surface area contributed by atoms with Crippen LogP contribution in [0.1, 0.15) is 24.3 Å². The Bertz CT molecular complexity index is 296. The molecule has 1 saturated carbocycles. The van der Waals surface area contributed by atoms with Gasteiger partial charge in [0.1, 0.15) is 5.82 Å². The molecule has 1 aliphatic carbocycles. The van der Waals surface area contributed by atoms with E-state index in [0.717, 1.165) is 5.56 Å². The third kappa shape index (κ3) is 1.59. The summed E-state index contributed by atoms with van der Waals surface area (Å²) in [6.45, 7) is 0. The molecule has 2 heteroatoms. The molecule has 1 aromatic carbocycles. The molecule has 0 spiro atoms. The molecule has 0 aliphatic heterocycles. The van der Waals surface area contributed by atoms with Gasteiger partial charge in [0.2, 0.25) is 0 Å². The number of nitrogens with one attached hydrogen (secondary N) is 1. The molecule has 0 saturated heterocycles. The van der Waals surface area contributed by atoms with Crippen molar-refractivity contribution >= 4 is 0 Å². The van der Waals surface area contributed by atoms with Crippen molar-refractivity contribution in [1.29, 1.82) is 0 Å². The average Bonchev–Trinajstić information content (AvgIpc) is 2.03. The van der Waals surface area contributed by atoms with Crippen LogP contribution >= 0.6 is 0 Å². The molecule has 0 heterocycles. The number of hydrogen-bond acceptors (Lipinski definition) is 1. The normalized spacial score (nSPS) is 26.9. The zero-order valence-electron chi connectivity index (χ0n) is 7.76. The van der Waals surface area contributed by atoms with Gasteiger partial charge in [-0.2, -0.15) is 0 Å². The van der Waals surface area contributed by atoms with E-state index in [1.54, 1.807) is 12.1 Å². The summed E-state index contributed by atoms with van der Waals surface area (Å²) in [5.41, 5.74) is 1.13. The first-order valence-corrected chi connectivity index (χ1v) is 4.74. The SMILES string of the molecule is CNC1CCC1c1cccc(F)c1. The first-order chi connectivity index (χ1) is 6.31. The Kier molecular flexibility index (Phi) is 2.32. The van der Waals surface area contributed by atoms with Gasteiger partial charge in [-0.3, -0.25) is 0 Å². The summed E-state index contributed by atoms with van der Waals surface area (Å²) < 4.78 is 12.9. The fourth-order valence-corrected chi connectivity index (χ4v) is 1.98. The zero-order chi connectivity index (χ0) is 9.26. The van der Waals surface area contributed by atoms with Gasteiger partial charge in [-0.25, -0.2) is 4.39 Å². The van der Waals surface area contributed by atoms with Crippen LogP contribution in [0.15, 0.2) is 24.3 Å². The topological polar surface area (TPSA) is 12.0 Å². The van der Waals surface area contributed by atoms with Crippen LogP contribution in [0, 0.1) is 5.82 Å². The number of rotatable bonds is 2. The maximum absolute atomic E-state index is 12.9. The lowest BCUT2D eigenvalue weighted by molar-refractivity contribution is 0.300. The van der Waals surface area contributed by atoms with Crippen molar-refractivity contribution in [3.05, 3.63) is 35.6 Å². The minimum Gasteiger partial charge on any atom is -0.316 e. The van der Waals surface area contributed by atoms with Gasteiger partial charge in [0, 0.05) is 6.04 Å². The quantitative estimate of drug-likeness (QED) is 0.734. The Morgan fingerprint density at radius 2 is 2.23 bits per heavy atom. The van der Waals surface area contributed by atoms with Crippen molar-refractivity contribution in [3.63, 3.8) is 0 Å². The van der Waals surface area contributed by atoms with E-state index in [1.165, 1.54) is 18.9 Å². The van der Waals surface area contributed by atoms with E-state index in [1.807, 2.05) is 13.1 Å². The Hall–Kier alpha value is -0.890. The van der Waals surface area contributed by atoms with E-state index < -0.39 is 0 Å². The second-order valence-electron chi connectivity index (χ2n) is 3.63. The highest BCUT2D eigenvalue weighted by molar-refractivity contribution is 5.24. The average molecular weight is 179 g/mol. The number of benzene rings is 1. The summed E-state index contributed by atoms with van der Waals surface area (Å²) in [5, 5.41) is 3.25. The van der Waals surface area contributed by atoms with E-state index in [9.17, 15) is 4.39 Å².